The number of nitrogens with one attached hydrogen (secondary N) is 3. The fourth-order valence-electron chi connectivity index (χ4n) is 3.56. The first-order chi connectivity index (χ1) is 17.2. The van der Waals surface area contributed by atoms with Gasteiger partial charge in [0.15, 0.2) is 11.5 Å². The molecule has 0 radical (unpaired) electrons. The Morgan fingerprint density at radius 3 is 2.67 bits per heavy atom. The molecule has 12 heteroatoms. The molecule has 1 unspecified atom stereocenters. The molecule has 3 heterocycles. The maximum Gasteiger partial charge on any atom is 0.248 e. The Morgan fingerprint density at radius 2 is 2.08 bits per heavy atom. The van der Waals surface area contributed by atoms with Gasteiger partial charge in [-0.05, 0) is 26.3 Å². The van der Waals surface area contributed by atoms with Crippen LogP contribution in [-0.4, -0.2) is 67.5 Å². The Hall–Kier alpha value is -2.67. The number of hydrazone groups is 1. The highest BCUT2D eigenvalue weighted by molar-refractivity contribution is 8.20. The van der Waals surface area contributed by atoms with E-state index in [2.05, 4.69) is 39.3 Å². The summed E-state index contributed by atoms with van der Waals surface area (Å²) in [6.07, 6.45) is 9.00. The van der Waals surface area contributed by atoms with Crippen molar-refractivity contribution in [3.8, 4) is 0 Å². The third-order valence-corrected chi connectivity index (χ3v) is 8.73. The van der Waals surface area contributed by atoms with Gasteiger partial charge in [0, 0.05) is 45.4 Å². The Balaban J connectivity index is 0.00000222. The van der Waals surface area contributed by atoms with Crippen molar-refractivity contribution in [1.82, 2.24) is 29.4 Å². The maximum atomic E-state index is 12.6. The van der Waals surface area contributed by atoms with Gasteiger partial charge in [-0.2, -0.15) is 5.10 Å². The SMILES string of the molecule is C=C(Nc1nc(C2CCCNC2)cn2c(C(=C)/C=N\NC)cnc12)S/C(=C/C)S(=O)(=O)N(C)C.CC. The number of hydrogen-bond donors (Lipinski definition) is 3. The molecule has 36 heavy (non-hydrogen) atoms. The van der Waals surface area contributed by atoms with Gasteiger partial charge in [-0.1, -0.05) is 44.8 Å². The summed E-state index contributed by atoms with van der Waals surface area (Å²) in [5.74, 6) is 0.747. The summed E-state index contributed by atoms with van der Waals surface area (Å²) in [4.78, 5) is 9.42. The van der Waals surface area contributed by atoms with Crippen LogP contribution in [0, 0.1) is 0 Å². The number of sulfonamides is 1. The second kappa shape index (κ2) is 13.6. The maximum absolute atomic E-state index is 12.6. The molecule has 0 aliphatic carbocycles. The smallest absolute Gasteiger partial charge is 0.248 e. The second-order valence-electron chi connectivity index (χ2n) is 7.95. The third-order valence-electron chi connectivity index (χ3n) is 5.36. The lowest BCUT2D eigenvalue weighted by Gasteiger charge is -2.23. The van der Waals surface area contributed by atoms with Crippen LogP contribution in [0.3, 0.4) is 0 Å². The summed E-state index contributed by atoms with van der Waals surface area (Å²) >= 11 is 1.04. The Morgan fingerprint density at radius 1 is 1.36 bits per heavy atom. The lowest BCUT2D eigenvalue weighted by molar-refractivity contribution is 0.454. The number of thioether (sulfide) groups is 1. The third kappa shape index (κ3) is 6.96. The second-order valence-corrected chi connectivity index (χ2v) is 11.5. The summed E-state index contributed by atoms with van der Waals surface area (Å²) in [5.41, 5.74) is 5.69. The zero-order chi connectivity index (χ0) is 26.9. The van der Waals surface area contributed by atoms with Crippen LogP contribution in [0.1, 0.15) is 50.9 Å². The molecule has 2 aromatic heterocycles. The predicted octanol–water partition coefficient (Wildman–Crippen LogP) is 3.81. The fourth-order valence-corrected chi connectivity index (χ4v) is 5.89. The van der Waals surface area contributed by atoms with Gasteiger partial charge in [0.1, 0.15) is 4.24 Å². The van der Waals surface area contributed by atoms with Crippen LogP contribution < -0.4 is 16.1 Å². The molecule has 198 valence electrons. The van der Waals surface area contributed by atoms with E-state index in [1.807, 2.05) is 24.4 Å². The Bertz CT molecular complexity index is 1230. The first-order valence-electron chi connectivity index (χ1n) is 11.9. The van der Waals surface area contributed by atoms with E-state index in [-0.39, 0.29) is 10.2 Å². The van der Waals surface area contributed by atoms with Crippen LogP contribution in [0.15, 0.2) is 46.0 Å². The quantitative estimate of drug-likeness (QED) is 0.311. The van der Waals surface area contributed by atoms with E-state index in [4.69, 9.17) is 4.98 Å². The molecule has 1 aliphatic rings. The van der Waals surface area contributed by atoms with Gasteiger partial charge in [-0.15, -0.1) is 0 Å². The van der Waals surface area contributed by atoms with Gasteiger partial charge >= 0.3 is 0 Å². The molecule has 0 aromatic carbocycles. The number of imidazole rings is 1. The topological polar surface area (TPSA) is 116 Å². The van der Waals surface area contributed by atoms with E-state index in [1.165, 1.54) is 18.4 Å². The summed E-state index contributed by atoms with van der Waals surface area (Å²) in [6.45, 7) is 15.7. The largest absolute Gasteiger partial charge is 0.332 e. The van der Waals surface area contributed by atoms with E-state index in [1.54, 1.807) is 32.5 Å². The molecule has 0 amide bonds. The normalized spacial score (nSPS) is 16.6. The first-order valence-corrected chi connectivity index (χ1v) is 14.1. The molecule has 10 nitrogen and oxygen atoms in total. The van der Waals surface area contributed by atoms with Crippen molar-refractivity contribution in [3.63, 3.8) is 0 Å². The van der Waals surface area contributed by atoms with E-state index >= 15 is 0 Å². The monoisotopic (exact) mass is 534 g/mol. The van der Waals surface area contributed by atoms with Crippen molar-refractivity contribution in [3.05, 3.63) is 52.3 Å². The van der Waals surface area contributed by atoms with Crippen LogP contribution in [0.2, 0.25) is 0 Å². The minimum absolute atomic E-state index is 0.180. The molecule has 0 saturated carbocycles. The van der Waals surface area contributed by atoms with Crippen LogP contribution in [0.25, 0.3) is 11.2 Å². The van der Waals surface area contributed by atoms with Gasteiger partial charge in [0.05, 0.1) is 28.8 Å². The zero-order valence-corrected chi connectivity index (χ0v) is 23.6. The number of piperidine rings is 1. The molecule has 1 aliphatic heterocycles. The number of anilines is 1. The van der Waals surface area contributed by atoms with Crippen LogP contribution in [0.5, 0.6) is 0 Å². The Kier molecular flexibility index (Phi) is 11.2. The number of aromatic nitrogens is 3. The fraction of sp³-hybridized carbons (Fsp3) is 0.458. The zero-order valence-electron chi connectivity index (χ0n) is 22.0. The standard InChI is InChI=1S/C22H32N8O2S2.C2H6/c1-7-20(34(31,32)29(5)6)33-16(3)27-21-22-25-13-19(15(2)11-26-23-4)30(22)14-18(28-21)17-9-8-10-24-12-17;1-2/h7,11,13-14,17,23-24H,2-3,8-10,12H2,1,4-6H3,(H,27,28);1-2H3/b20-7-,26-11-;. The van der Waals surface area contributed by atoms with Gasteiger partial charge in [-0.3, -0.25) is 4.40 Å². The van der Waals surface area contributed by atoms with Crippen molar-refractivity contribution < 1.29 is 8.42 Å². The summed E-state index contributed by atoms with van der Waals surface area (Å²) in [5, 5.41) is 11.1. The van der Waals surface area contributed by atoms with Crippen molar-refractivity contribution in [2.75, 3.05) is 39.5 Å². The van der Waals surface area contributed by atoms with Crippen LogP contribution in [-0.2, 0) is 10.0 Å². The molecule has 1 fully saturated rings. The van der Waals surface area contributed by atoms with Gasteiger partial charge in [0.2, 0.25) is 10.0 Å². The molecule has 1 saturated heterocycles. The minimum Gasteiger partial charge on any atom is -0.332 e. The summed E-state index contributed by atoms with van der Waals surface area (Å²) in [7, 11) is 1.13. The van der Waals surface area contributed by atoms with E-state index in [0.29, 0.717) is 22.1 Å². The first kappa shape index (κ1) is 29.6. The average molecular weight is 535 g/mol. The lowest BCUT2D eigenvalue weighted by atomic mass is 9.96. The number of rotatable bonds is 10. The lowest BCUT2D eigenvalue weighted by Crippen LogP contribution is -2.29. The Labute approximate surface area is 219 Å². The van der Waals surface area contributed by atoms with E-state index in [0.717, 1.165) is 49.1 Å². The van der Waals surface area contributed by atoms with Crippen LogP contribution in [0.4, 0.5) is 5.82 Å². The van der Waals surface area contributed by atoms with Crippen molar-refractivity contribution in [1.29, 1.82) is 0 Å². The molecule has 3 N–H and O–H groups in total. The molecule has 0 bridgehead atoms. The summed E-state index contributed by atoms with van der Waals surface area (Å²) < 4.78 is 28.5. The van der Waals surface area contributed by atoms with Crippen molar-refractivity contribution in [2.24, 2.45) is 5.10 Å². The predicted molar refractivity (Wildman–Crippen MR) is 152 cm³/mol. The number of fused-ring (bicyclic) bond motifs is 1. The van der Waals surface area contributed by atoms with Crippen molar-refractivity contribution >= 4 is 45.0 Å². The number of hydrogen-bond acceptors (Lipinski definition) is 9. The van der Waals surface area contributed by atoms with Crippen LogP contribution >= 0.6 is 11.8 Å². The van der Waals surface area contributed by atoms with E-state index < -0.39 is 10.0 Å². The molecular formula is C24H38N8O2S2. The van der Waals surface area contributed by atoms with Gasteiger partial charge in [-0.25, -0.2) is 22.7 Å². The molecular weight excluding hydrogens is 496 g/mol. The van der Waals surface area contributed by atoms with Gasteiger partial charge in [0.25, 0.3) is 0 Å². The van der Waals surface area contributed by atoms with Gasteiger partial charge < -0.3 is 16.1 Å². The minimum atomic E-state index is -3.59. The highest BCUT2D eigenvalue weighted by Gasteiger charge is 2.24. The highest BCUT2D eigenvalue weighted by Crippen LogP contribution is 2.32. The highest BCUT2D eigenvalue weighted by atomic mass is 32.3. The number of nitrogens with zero attached hydrogens (tertiary/aromatic N) is 5. The van der Waals surface area contributed by atoms with E-state index in [9.17, 15) is 8.42 Å². The molecule has 0 spiro atoms. The molecule has 3 rings (SSSR count). The summed E-state index contributed by atoms with van der Waals surface area (Å²) in [6, 6.07) is 0. The molecule has 1 atom stereocenters. The molecule has 2 aromatic rings. The average Bonchev–Trinajstić information content (AvgIpc) is 3.32. The van der Waals surface area contributed by atoms with Crippen molar-refractivity contribution in [2.45, 2.75) is 39.5 Å². The number of allylic oxidation sites excluding steroid dienone is 2.